The van der Waals surface area contributed by atoms with Gasteiger partial charge < -0.3 is 10.1 Å². The lowest BCUT2D eigenvalue weighted by molar-refractivity contribution is -0.112. The highest BCUT2D eigenvalue weighted by Gasteiger charge is 2.12. The van der Waals surface area contributed by atoms with Crippen LogP contribution in [-0.2, 0) is 11.4 Å². The van der Waals surface area contributed by atoms with Crippen LogP contribution in [0.5, 0.6) is 5.75 Å². The van der Waals surface area contributed by atoms with Gasteiger partial charge in [0.2, 0.25) is 0 Å². The van der Waals surface area contributed by atoms with Crippen LogP contribution < -0.4 is 10.1 Å². The Morgan fingerprint density at radius 3 is 2.50 bits per heavy atom. The molecule has 0 saturated heterocycles. The van der Waals surface area contributed by atoms with Crippen molar-refractivity contribution < 1.29 is 9.53 Å². The predicted octanol–water partition coefficient (Wildman–Crippen LogP) is 6.83. The van der Waals surface area contributed by atoms with Crippen molar-refractivity contribution in [2.45, 2.75) is 6.61 Å². The van der Waals surface area contributed by atoms with Crippen molar-refractivity contribution in [1.29, 1.82) is 5.26 Å². The minimum atomic E-state index is -0.484. The van der Waals surface area contributed by atoms with Crippen molar-refractivity contribution >= 4 is 67.8 Å². The molecule has 150 valence electrons. The molecule has 1 amide bonds. The summed E-state index contributed by atoms with van der Waals surface area (Å²) >= 11 is 11.5. The fourth-order valence-electron chi connectivity index (χ4n) is 2.54. The maximum absolute atomic E-state index is 12.6. The predicted molar refractivity (Wildman–Crippen MR) is 131 cm³/mol. The number of benzene rings is 3. The maximum Gasteiger partial charge on any atom is 0.266 e. The van der Waals surface area contributed by atoms with Crippen LogP contribution in [0, 0.1) is 14.9 Å². The van der Waals surface area contributed by atoms with Gasteiger partial charge in [0.05, 0.1) is 0 Å². The molecule has 0 unspecified atom stereocenters. The Bertz CT molecular complexity index is 1120. The van der Waals surface area contributed by atoms with E-state index in [1.807, 2.05) is 36.4 Å². The van der Waals surface area contributed by atoms with Crippen LogP contribution in [0.3, 0.4) is 0 Å². The number of carbonyl (C=O) groups is 1. The third-order valence-electron chi connectivity index (χ3n) is 4.05. The van der Waals surface area contributed by atoms with E-state index in [0.717, 1.165) is 13.6 Å². The van der Waals surface area contributed by atoms with E-state index < -0.39 is 5.91 Å². The molecule has 0 radical (unpaired) electrons. The highest BCUT2D eigenvalue weighted by molar-refractivity contribution is 14.1. The lowest BCUT2D eigenvalue weighted by atomic mass is 10.1. The zero-order chi connectivity index (χ0) is 21.5. The molecule has 0 aliphatic rings. The van der Waals surface area contributed by atoms with E-state index in [1.54, 1.807) is 36.4 Å². The highest BCUT2D eigenvalue weighted by Crippen LogP contribution is 2.27. The minimum absolute atomic E-state index is 0.0250. The fourth-order valence-corrected chi connectivity index (χ4v) is 3.41. The van der Waals surface area contributed by atoms with Crippen LogP contribution in [0.1, 0.15) is 11.1 Å². The van der Waals surface area contributed by atoms with Crippen molar-refractivity contribution in [3.05, 3.63) is 96.5 Å². The quantitative estimate of drug-likeness (QED) is 0.194. The van der Waals surface area contributed by atoms with Gasteiger partial charge in [0.1, 0.15) is 24.0 Å². The second-order valence-electron chi connectivity index (χ2n) is 6.23. The Kier molecular flexibility index (Phi) is 7.91. The molecule has 0 aromatic heterocycles. The van der Waals surface area contributed by atoms with Crippen molar-refractivity contribution in [3.63, 3.8) is 0 Å². The molecule has 0 heterocycles. The third-order valence-corrected chi connectivity index (χ3v) is 5.51. The Balaban J connectivity index is 1.81. The normalized spacial score (nSPS) is 10.9. The number of carbonyl (C=O) groups excluding carboxylic acids is 1. The zero-order valence-corrected chi connectivity index (χ0v) is 20.0. The molecular formula is C23H15BrClIN2O2. The van der Waals surface area contributed by atoms with E-state index in [9.17, 15) is 10.1 Å². The number of nitriles is 1. The van der Waals surface area contributed by atoms with Gasteiger partial charge in [0, 0.05) is 24.3 Å². The first-order valence-corrected chi connectivity index (χ1v) is 11.0. The monoisotopic (exact) mass is 592 g/mol. The molecule has 1 N–H and O–H groups in total. The lowest BCUT2D eigenvalue weighted by Gasteiger charge is -2.11. The van der Waals surface area contributed by atoms with Gasteiger partial charge in [-0.15, -0.1) is 0 Å². The summed E-state index contributed by atoms with van der Waals surface area (Å²) in [5.41, 5.74) is 2.17. The van der Waals surface area contributed by atoms with Gasteiger partial charge in [-0.2, -0.15) is 5.26 Å². The molecule has 0 atom stereocenters. The first kappa shape index (κ1) is 22.3. The van der Waals surface area contributed by atoms with Crippen LogP contribution in [0.25, 0.3) is 6.08 Å². The number of amides is 1. The van der Waals surface area contributed by atoms with E-state index >= 15 is 0 Å². The number of anilines is 1. The van der Waals surface area contributed by atoms with Crippen molar-refractivity contribution in [2.24, 2.45) is 0 Å². The Morgan fingerprint density at radius 2 is 1.83 bits per heavy atom. The summed E-state index contributed by atoms with van der Waals surface area (Å²) in [5, 5.41) is 12.9. The van der Waals surface area contributed by atoms with E-state index in [0.29, 0.717) is 28.6 Å². The smallest absolute Gasteiger partial charge is 0.266 e. The van der Waals surface area contributed by atoms with Crippen LogP contribution >= 0.6 is 50.1 Å². The van der Waals surface area contributed by atoms with Gasteiger partial charge in [-0.1, -0.05) is 39.7 Å². The first-order valence-electron chi connectivity index (χ1n) is 8.80. The second kappa shape index (κ2) is 10.6. The van der Waals surface area contributed by atoms with Crippen LogP contribution in [-0.4, -0.2) is 5.91 Å². The number of ether oxygens (including phenoxy) is 1. The molecule has 3 rings (SSSR count). The van der Waals surface area contributed by atoms with Gasteiger partial charge in [-0.05, 0) is 88.8 Å². The van der Waals surface area contributed by atoms with Crippen LogP contribution in [0.15, 0.2) is 76.8 Å². The molecule has 0 aliphatic heterocycles. The van der Waals surface area contributed by atoms with Crippen molar-refractivity contribution in [2.75, 3.05) is 5.32 Å². The summed E-state index contributed by atoms with van der Waals surface area (Å²) in [5.74, 6) is 0.0744. The summed E-state index contributed by atoms with van der Waals surface area (Å²) in [6.07, 6.45) is 1.52. The molecule has 7 heteroatoms. The molecule has 30 heavy (non-hydrogen) atoms. The van der Waals surface area contributed by atoms with E-state index in [-0.39, 0.29) is 5.57 Å². The number of hydrogen-bond acceptors (Lipinski definition) is 3. The summed E-state index contributed by atoms with van der Waals surface area (Å²) in [7, 11) is 0. The van der Waals surface area contributed by atoms with Gasteiger partial charge in [-0.25, -0.2) is 0 Å². The Hall–Kier alpha value is -2.34. The van der Waals surface area contributed by atoms with Gasteiger partial charge in [-0.3, -0.25) is 4.79 Å². The van der Waals surface area contributed by atoms with E-state index in [1.165, 1.54) is 6.08 Å². The number of nitrogens with one attached hydrogen (secondary N) is 1. The number of nitrogens with zero attached hydrogens (tertiary/aromatic N) is 1. The maximum atomic E-state index is 12.6. The molecule has 0 bridgehead atoms. The fraction of sp³-hybridized carbons (Fsp3) is 0.0435. The van der Waals surface area contributed by atoms with Crippen molar-refractivity contribution in [3.8, 4) is 11.8 Å². The summed E-state index contributed by atoms with van der Waals surface area (Å²) in [6, 6.07) is 22.1. The van der Waals surface area contributed by atoms with E-state index in [2.05, 4.69) is 43.8 Å². The average Bonchev–Trinajstić information content (AvgIpc) is 2.74. The molecule has 0 saturated carbocycles. The lowest BCUT2D eigenvalue weighted by Crippen LogP contribution is -2.13. The summed E-state index contributed by atoms with van der Waals surface area (Å²) < 4.78 is 7.79. The first-order chi connectivity index (χ1) is 14.4. The number of rotatable bonds is 6. The minimum Gasteiger partial charge on any atom is -0.488 e. The van der Waals surface area contributed by atoms with Crippen LogP contribution in [0.2, 0.25) is 5.02 Å². The second-order valence-corrected chi connectivity index (χ2v) is 8.83. The summed E-state index contributed by atoms with van der Waals surface area (Å²) in [6.45, 7) is 0.330. The standard InChI is InChI=1S/C23H15BrClIN2O2/c24-18-3-10-22(30-14-15-1-4-19(25)5-2-15)16(12-18)11-17(13-27)23(29)28-21-8-6-20(26)7-9-21/h1-12H,14H2,(H,28,29)/b17-11+. The average molecular weight is 594 g/mol. The molecule has 0 spiro atoms. The molecule has 4 nitrogen and oxygen atoms in total. The number of halogens is 3. The molecule has 0 fully saturated rings. The molecule has 0 aliphatic carbocycles. The van der Waals surface area contributed by atoms with Gasteiger partial charge in [0.25, 0.3) is 5.91 Å². The van der Waals surface area contributed by atoms with Crippen molar-refractivity contribution in [1.82, 2.24) is 0 Å². The summed E-state index contributed by atoms with van der Waals surface area (Å²) in [4.78, 5) is 12.6. The zero-order valence-electron chi connectivity index (χ0n) is 15.5. The Morgan fingerprint density at radius 1 is 1.13 bits per heavy atom. The molecular weight excluding hydrogens is 579 g/mol. The molecule has 3 aromatic carbocycles. The third kappa shape index (κ3) is 6.33. The SMILES string of the molecule is N#C/C(=C\c1cc(Br)ccc1OCc1ccc(Cl)cc1)C(=O)Nc1ccc(I)cc1. The van der Waals surface area contributed by atoms with Gasteiger partial charge >= 0.3 is 0 Å². The molecule has 3 aromatic rings. The Labute approximate surface area is 201 Å². The van der Waals surface area contributed by atoms with Gasteiger partial charge in [0.15, 0.2) is 0 Å². The topological polar surface area (TPSA) is 62.1 Å². The number of hydrogen-bond donors (Lipinski definition) is 1. The highest BCUT2D eigenvalue weighted by atomic mass is 127. The van der Waals surface area contributed by atoms with Crippen LogP contribution in [0.4, 0.5) is 5.69 Å². The van der Waals surface area contributed by atoms with E-state index in [4.69, 9.17) is 16.3 Å². The largest absolute Gasteiger partial charge is 0.488 e.